The van der Waals surface area contributed by atoms with E-state index in [0.717, 1.165) is 5.56 Å². The van der Waals surface area contributed by atoms with Crippen molar-refractivity contribution >= 4 is 17.5 Å². The molecule has 4 N–H and O–H groups in total. The monoisotopic (exact) mass is 343 g/mol. The number of halogens is 1. The molecule has 0 fully saturated rings. The Balaban J connectivity index is 1.90. The summed E-state index contributed by atoms with van der Waals surface area (Å²) in [6.07, 6.45) is 0. The van der Waals surface area contributed by atoms with Gasteiger partial charge in [0, 0.05) is 17.8 Å². The zero-order valence-electron chi connectivity index (χ0n) is 14.3. The maximum absolute atomic E-state index is 12.9. The lowest BCUT2D eigenvalue weighted by Gasteiger charge is -2.15. The average Bonchev–Trinajstić information content (AvgIpc) is 2.60. The molecule has 2 amide bonds. The van der Waals surface area contributed by atoms with Crippen molar-refractivity contribution in [2.45, 2.75) is 26.4 Å². The number of hydrogen-bond acceptors (Lipinski definition) is 3. The molecule has 0 bridgehead atoms. The minimum absolute atomic E-state index is 0.0732. The van der Waals surface area contributed by atoms with Gasteiger partial charge in [-0.05, 0) is 47.9 Å². The van der Waals surface area contributed by atoms with Crippen molar-refractivity contribution in [3.05, 3.63) is 65.5 Å². The van der Waals surface area contributed by atoms with Crippen LogP contribution in [-0.2, 0) is 11.3 Å². The Morgan fingerprint density at radius 3 is 2.20 bits per heavy atom. The summed E-state index contributed by atoms with van der Waals surface area (Å²) in [5, 5.41) is 5.52. The summed E-state index contributed by atoms with van der Waals surface area (Å²) in [7, 11) is 0. The molecule has 2 aromatic rings. The van der Waals surface area contributed by atoms with E-state index in [1.165, 1.54) is 24.3 Å². The molecule has 1 atom stereocenters. The Morgan fingerprint density at radius 1 is 1.04 bits per heavy atom. The molecule has 25 heavy (non-hydrogen) atoms. The van der Waals surface area contributed by atoms with Crippen molar-refractivity contribution in [2.75, 3.05) is 5.32 Å². The maximum atomic E-state index is 12.9. The molecule has 6 heteroatoms. The van der Waals surface area contributed by atoms with Crippen LogP contribution in [0.1, 0.15) is 29.8 Å². The Hall–Kier alpha value is -2.73. The molecule has 0 aromatic heterocycles. The second kappa shape index (κ2) is 8.39. The zero-order chi connectivity index (χ0) is 18.4. The van der Waals surface area contributed by atoms with Gasteiger partial charge in [0.25, 0.3) is 5.91 Å². The molecule has 0 spiro atoms. The quantitative estimate of drug-likeness (QED) is 0.754. The fourth-order valence-electron chi connectivity index (χ4n) is 2.12. The van der Waals surface area contributed by atoms with Gasteiger partial charge in [-0.3, -0.25) is 9.59 Å². The average molecular weight is 343 g/mol. The predicted molar refractivity (Wildman–Crippen MR) is 95.5 cm³/mol. The predicted octanol–water partition coefficient (Wildman–Crippen LogP) is 2.68. The molecule has 2 rings (SSSR count). The van der Waals surface area contributed by atoms with Crippen LogP contribution >= 0.6 is 0 Å². The van der Waals surface area contributed by atoms with E-state index in [2.05, 4.69) is 10.6 Å². The zero-order valence-corrected chi connectivity index (χ0v) is 14.3. The van der Waals surface area contributed by atoms with Crippen LogP contribution in [0.2, 0.25) is 0 Å². The number of rotatable bonds is 6. The first-order valence-electron chi connectivity index (χ1n) is 8.06. The molecule has 0 unspecified atom stereocenters. The van der Waals surface area contributed by atoms with Crippen LogP contribution in [0.5, 0.6) is 0 Å². The smallest absolute Gasteiger partial charge is 0.255 e. The van der Waals surface area contributed by atoms with Crippen molar-refractivity contribution < 1.29 is 14.0 Å². The van der Waals surface area contributed by atoms with Crippen LogP contribution in [0.15, 0.2) is 48.5 Å². The van der Waals surface area contributed by atoms with Crippen molar-refractivity contribution in [3.8, 4) is 0 Å². The third-order valence-corrected chi connectivity index (χ3v) is 3.81. The topological polar surface area (TPSA) is 84.2 Å². The number of benzene rings is 2. The van der Waals surface area contributed by atoms with Gasteiger partial charge in [-0.2, -0.15) is 0 Å². The highest BCUT2D eigenvalue weighted by Crippen LogP contribution is 2.12. The SMILES string of the molecule is CC(C)[C@H](N)C(=O)NCc1ccc(NC(=O)c2ccc(F)cc2)cc1. The summed E-state index contributed by atoms with van der Waals surface area (Å²) in [5.74, 6) is -0.822. The minimum Gasteiger partial charge on any atom is -0.351 e. The Morgan fingerprint density at radius 2 is 1.64 bits per heavy atom. The molecule has 0 radical (unpaired) electrons. The van der Waals surface area contributed by atoms with E-state index in [1.54, 1.807) is 24.3 Å². The molecule has 0 aliphatic rings. The van der Waals surface area contributed by atoms with Crippen LogP contribution in [0, 0.1) is 11.7 Å². The number of anilines is 1. The Bertz CT molecular complexity index is 727. The molecular formula is C19H22FN3O2. The van der Waals surface area contributed by atoms with Gasteiger partial charge < -0.3 is 16.4 Å². The fourth-order valence-corrected chi connectivity index (χ4v) is 2.12. The van der Waals surface area contributed by atoms with Crippen molar-refractivity contribution in [1.29, 1.82) is 0 Å². The van der Waals surface area contributed by atoms with E-state index in [9.17, 15) is 14.0 Å². The van der Waals surface area contributed by atoms with E-state index in [-0.39, 0.29) is 23.5 Å². The number of carbonyl (C=O) groups is 2. The molecule has 0 heterocycles. The van der Waals surface area contributed by atoms with Crippen LogP contribution < -0.4 is 16.4 Å². The van der Waals surface area contributed by atoms with Gasteiger partial charge in [-0.25, -0.2) is 4.39 Å². The van der Waals surface area contributed by atoms with E-state index >= 15 is 0 Å². The van der Waals surface area contributed by atoms with E-state index in [4.69, 9.17) is 5.73 Å². The van der Waals surface area contributed by atoms with Gasteiger partial charge in [0.2, 0.25) is 5.91 Å². The summed E-state index contributed by atoms with van der Waals surface area (Å²) in [6, 6.07) is 11.9. The summed E-state index contributed by atoms with van der Waals surface area (Å²) >= 11 is 0. The number of nitrogens with one attached hydrogen (secondary N) is 2. The third-order valence-electron chi connectivity index (χ3n) is 3.81. The van der Waals surface area contributed by atoms with Gasteiger partial charge in [0.05, 0.1) is 6.04 Å². The Kier molecular flexibility index (Phi) is 6.25. The molecular weight excluding hydrogens is 321 g/mol. The molecule has 5 nitrogen and oxygen atoms in total. The highest BCUT2D eigenvalue weighted by Gasteiger charge is 2.16. The normalized spacial score (nSPS) is 11.9. The number of hydrogen-bond donors (Lipinski definition) is 3. The van der Waals surface area contributed by atoms with Crippen molar-refractivity contribution in [1.82, 2.24) is 5.32 Å². The van der Waals surface area contributed by atoms with Crippen molar-refractivity contribution in [2.24, 2.45) is 11.7 Å². The first-order chi connectivity index (χ1) is 11.9. The van der Waals surface area contributed by atoms with E-state index < -0.39 is 6.04 Å². The molecule has 0 aliphatic heterocycles. The summed E-state index contributed by atoms with van der Waals surface area (Å²) in [6.45, 7) is 4.15. The largest absolute Gasteiger partial charge is 0.351 e. The standard InChI is InChI=1S/C19H22FN3O2/c1-12(2)17(21)19(25)22-11-13-3-9-16(10-4-13)23-18(24)14-5-7-15(20)8-6-14/h3-10,12,17H,11,21H2,1-2H3,(H,22,25)(H,23,24)/t17-/m0/s1. The van der Waals surface area contributed by atoms with Crippen LogP contribution in [-0.4, -0.2) is 17.9 Å². The number of nitrogens with two attached hydrogens (primary N) is 1. The van der Waals surface area contributed by atoms with Crippen molar-refractivity contribution in [3.63, 3.8) is 0 Å². The number of carbonyl (C=O) groups excluding carboxylic acids is 2. The van der Waals surface area contributed by atoms with Gasteiger partial charge in [0.1, 0.15) is 5.82 Å². The maximum Gasteiger partial charge on any atom is 0.255 e. The van der Waals surface area contributed by atoms with E-state index in [0.29, 0.717) is 17.8 Å². The first-order valence-corrected chi connectivity index (χ1v) is 8.06. The second-order valence-electron chi connectivity index (χ2n) is 6.15. The van der Waals surface area contributed by atoms with Gasteiger partial charge in [-0.1, -0.05) is 26.0 Å². The lowest BCUT2D eigenvalue weighted by atomic mass is 10.0. The first kappa shape index (κ1) is 18.6. The second-order valence-corrected chi connectivity index (χ2v) is 6.15. The molecule has 0 aliphatic carbocycles. The number of amides is 2. The van der Waals surface area contributed by atoms with Crippen LogP contribution in [0.3, 0.4) is 0 Å². The molecule has 2 aromatic carbocycles. The lowest BCUT2D eigenvalue weighted by Crippen LogP contribution is -2.43. The highest BCUT2D eigenvalue weighted by molar-refractivity contribution is 6.04. The minimum atomic E-state index is -0.533. The molecule has 0 saturated heterocycles. The van der Waals surface area contributed by atoms with Gasteiger partial charge in [0.15, 0.2) is 0 Å². The van der Waals surface area contributed by atoms with Gasteiger partial charge >= 0.3 is 0 Å². The van der Waals surface area contributed by atoms with E-state index in [1.807, 2.05) is 13.8 Å². The highest BCUT2D eigenvalue weighted by atomic mass is 19.1. The molecule has 0 saturated carbocycles. The summed E-state index contributed by atoms with van der Waals surface area (Å²) < 4.78 is 12.9. The molecule has 132 valence electrons. The van der Waals surface area contributed by atoms with Crippen LogP contribution in [0.25, 0.3) is 0 Å². The lowest BCUT2D eigenvalue weighted by molar-refractivity contribution is -0.123. The van der Waals surface area contributed by atoms with Gasteiger partial charge in [-0.15, -0.1) is 0 Å². The van der Waals surface area contributed by atoms with Crippen LogP contribution in [0.4, 0.5) is 10.1 Å². The summed E-state index contributed by atoms with van der Waals surface area (Å²) in [5.41, 5.74) is 7.67. The fraction of sp³-hybridized carbons (Fsp3) is 0.263. The third kappa shape index (κ3) is 5.39. The Labute approximate surface area is 146 Å². The summed E-state index contributed by atoms with van der Waals surface area (Å²) in [4.78, 5) is 23.9.